The van der Waals surface area contributed by atoms with Crippen molar-refractivity contribution in [2.45, 2.75) is 70.4 Å². The molecular formula is C33H42N6O. The Morgan fingerprint density at radius 1 is 1.15 bits per heavy atom. The van der Waals surface area contributed by atoms with Crippen molar-refractivity contribution in [1.29, 1.82) is 5.26 Å². The fraction of sp³-hybridized carbons (Fsp3) is 0.545. The Hall–Kier alpha value is -3.21. The number of aryl methyl sites for hydroxylation is 2. The summed E-state index contributed by atoms with van der Waals surface area (Å²) < 4.78 is 0. The number of hydrogen-bond acceptors (Lipinski definition) is 6. The molecule has 0 radical (unpaired) electrons. The van der Waals surface area contributed by atoms with E-state index in [1.807, 2.05) is 6.08 Å². The second-order valence-electron chi connectivity index (χ2n) is 12.8. The van der Waals surface area contributed by atoms with E-state index in [4.69, 9.17) is 10.3 Å². The number of carbonyl (C=O) groups excluding carboxylic acids is 1. The zero-order valence-corrected chi connectivity index (χ0v) is 24.1. The Kier molecular flexibility index (Phi) is 7.41. The molecule has 2 saturated heterocycles. The van der Waals surface area contributed by atoms with Crippen molar-refractivity contribution in [1.82, 2.24) is 15.1 Å². The van der Waals surface area contributed by atoms with Crippen LogP contribution in [0.25, 0.3) is 6.08 Å². The van der Waals surface area contributed by atoms with E-state index in [0.29, 0.717) is 29.3 Å². The van der Waals surface area contributed by atoms with E-state index in [9.17, 15) is 4.79 Å². The number of aliphatic imine (C=N–C) groups is 1. The van der Waals surface area contributed by atoms with E-state index in [0.717, 1.165) is 55.5 Å². The molecule has 210 valence electrons. The quantitative estimate of drug-likeness (QED) is 0.496. The number of fused-ring (bicyclic) bond motifs is 1. The first-order chi connectivity index (χ1) is 19.3. The normalized spacial score (nSPS) is 25.8. The van der Waals surface area contributed by atoms with E-state index < -0.39 is 0 Å². The predicted molar refractivity (Wildman–Crippen MR) is 161 cm³/mol. The zero-order valence-electron chi connectivity index (χ0n) is 24.1. The Balaban J connectivity index is 1.07. The summed E-state index contributed by atoms with van der Waals surface area (Å²) in [5, 5.41) is 15.9. The summed E-state index contributed by atoms with van der Waals surface area (Å²) in [6.07, 6.45) is 12.3. The van der Waals surface area contributed by atoms with Gasteiger partial charge < -0.3 is 15.5 Å². The van der Waals surface area contributed by atoms with Gasteiger partial charge in [-0.25, -0.2) is 4.99 Å². The molecule has 1 amide bonds. The molecule has 1 aromatic rings. The number of nitrogens with one attached hydrogen (secondary N) is 2. The Morgan fingerprint density at radius 3 is 2.65 bits per heavy atom. The van der Waals surface area contributed by atoms with E-state index in [1.54, 1.807) is 0 Å². The van der Waals surface area contributed by atoms with Crippen LogP contribution in [-0.4, -0.2) is 73.3 Å². The maximum Gasteiger partial charge on any atom is 0.269 e. The standard InChI is InChI=1S/C33H42N6O/c1-22(16-34)17-35-31-23(2)7-8-24-9-10-25(15-28(24)31)29-5-4-6-30(37-29)32(40)36-26-11-13-27(14-12-26)39-20-33(21-39)18-38(3)19-33/h6-8,15,26-27,35H,1,4-5,9-14,17-21H2,2-3H3,(H,36,40). The van der Waals surface area contributed by atoms with Crippen LogP contribution in [0.15, 0.2) is 46.6 Å². The summed E-state index contributed by atoms with van der Waals surface area (Å²) in [5.74, 6) is -0.0221. The predicted octanol–water partition coefficient (Wildman–Crippen LogP) is 4.61. The van der Waals surface area contributed by atoms with Crippen molar-refractivity contribution in [2.24, 2.45) is 10.4 Å². The molecule has 1 saturated carbocycles. The highest BCUT2D eigenvalue weighted by atomic mass is 16.2. The maximum atomic E-state index is 13.2. The van der Waals surface area contributed by atoms with Gasteiger partial charge >= 0.3 is 0 Å². The number of nitriles is 1. The summed E-state index contributed by atoms with van der Waals surface area (Å²) >= 11 is 0. The molecule has 40 heavy (non-hydrogen) atoms. The van der Waals surface area contributed by atoms with Crippen LogP contribution < -0.4 is 10.6 Å². The van der Waals surface area contributed by atoms with E-state index >= 15 is 0 Å². The minimum Gasteiger partial charge on any atom is -0.380 e. The molecule has 1 aromatic carbocycles. The fourth-order valence-electron chi connectivity index (χ4n) is 7.55. The molecule has 0 bridgehead atoms. The van der Waals surface area contributed by atoms with Crippen LogP contribution in [0.3, 0.4) is 0 Å². The third kappa shape index (κ3) is 5.40. The Labute approximate surface area is 238 Å². The minimum atomic E-state index is -0.0221. The number of benzene rings is 1. The number of allylic oxidation sites excluding steroid dienone is 2. The van der Waals surface area contributed by atoms with Gasteiger partial charge in [0, 0.05) is 72.8 Å². The van der Waals surface area contributed by atoms with Crippen molar-refractivity contribution in [2.75, 3.05) is 45.1 Å². The second-order valence-corrected chi connectivity index (χ2v) is 12.8. The number of rotatable bonds is 7. The first-order valence-corrected chi connectivity index (χ1v) is 15.0. The molecule has 2 aliphatic carbocycles. The number of likely N-dealkylation sites (tertiary alicyclic amines) is 2. The molecule has 6 rings (SSSR count). The van der Waals surface area contributed by atoms with Gasteiger partial charge in [0.2, 0.25) is 0 Å². The lowest BCUT2D eigenvalue weighted by atomic mass is 9.71. The lowest BCUT2D eigenvalue weighted by Crippen LogP contribution is -2.72. The molecule has 1 spiro atoms. The van der Waals surface area contributed by atoms with Crippen LogP contribution in [0.5, 0.6) is 0 Å². The highest BCUT2D eigenvalue weighted by molar-refractivity contribution is 6.09. The number of nitrogens with zero attached hydrogens (tertiary/aromatic N) is 4. The van der Waals surface area contributed by atoms with Gasteiger partial charge in [-0.05, 0) is 88.1 Å². The Bertz CT molecular complexity index is 1330. The molecule has 3 heterocycles. The highest BCUT2D eigenvalue weighted by Crippen LogP contribution is 2.42. The molecule has 0 atom stereocenters. The van der Waals surface area contributed by atoms with Gasteiger partial charge in [-0.2, -0.15) is 5.26 Å². The average Bonchev–Trinajstić information content (AvgIpc) is 2.93. The van der Waals surface area contributed by atoms with E-state index in [1.165, 1.54) is 55.7 Å². The van der Waals surface area contributed by atoms with Crippen molar-refractivity contribution in [3.05, 3.63) is 58.3 Å². The number of anilines is 1. The first kappa shape index (κ1) is 27.0. The smallest absolute Gasteiger partial charge is 0.269 e. The van der Waals surface area contributed by atoms with Crippen molar-refractivity contribution in [3.63, 3.8) is 0 Å². The second kappa shape index (κ2) is 11.0. The van der Waals surface area contributed by atoms with Crippen LogP contribution in [0.4, 0.5) is 5.69 Å². The first-order valence-electron chi connectivity index (χ1n) is 15.0. The van der Waals surface area contributed by atoms with Crippen LogP contribution in [0.1, 0.15) is 61.6 Å². The molecule has 0 aromatic heterocycles. The summed E-state index contributed by atoms with van der Waals surface area (Å²) in [7, 11) is 2.22. The van der Waals surface area contributed by atoms with Crippen LogP contribution in [0, 0.1) is 23.7 Å². The van der Waals surface area contributed by atoms with Gasteiger partial charge in [0.05, 0.1) is 6.07 Å². The lowest BCUT2D eigenvalue weighted by molar-refractivity contribution is -0.127. The third-order valence-corrected chi connectivity index (χ3v) is 9.58. The third-order valence-electron chi connectivity index (χ3n) is 9.58. The zero-order chi connectivity index (χ0) is 27.9. The number of carbonyl (C=O) groups is 1. The van der Waals surface area contributed by atoms with Crippen molar-refractivity contribution < 1.29 is 4.79 Å². The topological polar surface area (TPSA) is 83.8 Å². The molecule has 3 aliphatic heterocycles. The number of amides is 1. The minimum absolute atomic E-state index is 0.0221. The van der Waals surface area contributed by atoms with Gasteiger partial charge in [-0.15, -0.1) is 0 Å². The van der Waals surface area contributed by atoms with Crippen molar-refractivity contribution >= 4 is 23.4 Å². The summed E-state index contributed by atoms with van der Waals surface area (Å²) in [4.78, 5) is 23.3. The largest absolute Gasteiger partial charge is 0.380 e. The van der Waals surface area contributed by atoms with Gasteiger partial charge in [0.25, 0.3) is 5.91 Å². The van der Waals surface area contributed by atoms with Crippen LogP contribution in [-0.2, 0) is 11.2 Å². The average molecular weight is 539 g/mol. The molecule has 7 nitrogen and oxygen atoms in total. The van der Waals surface area contributed by atoms with Gasteiger partial charge in [-0.3, -0.25) is 9.69 Å². The van der Waals surface area contributed by atoms with Gasteiger partial charge in [-0.1, -0.05) is 24.8 Å². The molecular weight excluding hydrogens is 496 g/mol. The molecule has 2 N–H and O–H groups in total. The Morgan fingerprint density at radius 2 is 1.93 bits per heavy atom. The summed E-state index contributed by atoms with van der Waals surface area (Å²) in [6, 6.07) is 7.39. The van der Waals surface area contributed by atoms with E-state index in [2.05, 4.69) is 65.3 Å². The molecule has 0 unspecified atom stereocenters. The molecule has 5 aliphatic rings. The number of hydrogen-bond donors (Lipinski definition) is 2. The van der Waals surface area contributed by atoms with E-state index in [-0.39, 0.29) is 11.9 Å². The fourth-order valence-corrected chi connectivity index (χ4v) is 7.55. The summed E-state index contributed by atoms with van der Waals surface area (Å²) in [5.41, 5.74) is 8.58. The summed E-state index contributed by atoms with van der Waals surface area (Å²) in [6.45, 7) is 11.4. The molecule has 3 fully saturated rings. The molecule has 7 heteroatoms. The lowest BCUT2D eigenvalue weighted by Gasteiger charge is -2.62. The van der Waals surface area contributed by atoms with Crippen molar-refractivity contribution in [3.8, 4) is 6.07 Å². The SMILES string of the molecule is C=C(C#N)CNc1c(C)ccc2c1C=C(C1=NC(C(=O)NC3CCC(N4CC5(CN(C)C5)C4)CC3)=CCC1)CC2. The monoisotopic (exact) mass is 538 g/mol. The highest BCUT2D eigenvalue weighted by Gasteiger charge is 2.52. The van der Waals surface area contributed by atoms with Gasteiger partial charge in [0.1, 0.15) is 5.70 Å². The van der Waals surface area contributed by atoms with Gasteiger partial charge in [0.15, 0.2) is 0 Å². The van der Waals surface area contributed by atoms with Crippen LogP contribution in [0.2, 0.25) is 0 Å². The maximum absolute atomic E-state index is 13.2. The van der Waals surface area contributed by atoms with Crippen LogP contribution >= 0.6 is 0 Å².